The number of carbonyl (C=O) groups is 1. The first-order chi connectivity index (χ1) is 7.58. The van der Waals surface area contributed by atoms with Gasteiger partial charge in [-0.25, -0.2) is 4.79 Å². The molecular weight excluding hydrogens is 212 g/mol. The van der Waals surface area contributed by atoms with Crippen molar-refractivity contribution in [3.8, 4) is 0 Å². The molecule has 2 rings (SSSR count). The lowest BCUT2D eigenvalue weighted by atomic mass is 9.85. The summed E-state index contributed by atoms with van der Waals surface area (Å²) in [6, 6.07) is 0. The molecule has 1 N–H and O–H groups in total. The Kier molecular flexibility index (Phi) is 2.80. The summed E-state index contributed by atoms with van der Waals surface area (Å²) in [6.45, 7) is 1.02. The minimum Gasteiger partial charge on any atom is -0.465 e. The normalized spacial score (nSPS) is 33.2. The Bertz CT molecular complexity index is 328. The third-order valence-corrected chi connectivity index (χ3v) is 3.61. The molecule has 1 saturated carbocycles. The lowest BCUT2D eigenvalue weighted by Gasteiger charge is -2.34. The van der Waals surface area contributed by atoms with Crippen LogP contribution in [0.25, 0.3) is 0 Å². The fourth-order valence-corrected chi connectivity index (χ4v) is 2.90. The van der Waals surface area contributed by atoms with Gasteiger partial charge in [-0.05, 0) is 36.7 Å². The van der Waals surface area contributed by atoms with E-state index in [0.717, 1.165) is 19.0 Å². The molecule has 2 bridgehead atoms. The largest absolute Gasteiger partial charge is 0.465 e. The van der Waals surface area contributed by atoms with E-state index in [2.05, 4.69) is 0 Å². The summed E-state index contributed by atoms with van der Waals surface area (Å²) in [5.74, 6) is 0.693. The molecule has 88 valence electrons. The average Bonchev–Trinajstić information content (AvgIpc) is 2.46. The lowest BCUT2D eigenvalue weighted by Crippen LogP contribution is -2.43. The number of carboxylic acid groups (broad SMARTS) is 1. The van der Waals surface area contributed by atoms with E-state index >= 15 is 0 Å². The fourth-order valence-electron chi connectivity index (χ4n) is 2.90. The minimum absolute atomic E-state index is 0.181. The highest BCUT2D eigenvalue weighted by Gasteiger charge is 2.42. The van der Waals surface area contributed by atoms with E-state index in [0.29, 0.717) is 13.1 Å². The highest BCUT2D eigenvalue weighted by atomic mass is 16.6. The number of piperidine rings is 1. The number of hydrogen-bond donors (Lipinski definition) is 1. The highest BCUT2D eigenvalue weighted by molar-refractivity contribution is 5.65. The van der Waals surface area contributed by atoms with Crippen molar-refractivity contribution in [1.29, 1.82) is 0 Å². The van der Waals surface area contributed by atoms with E-state index in [1.165, 1.54) is 4.90 Å². The van der Waals surface area contributed by atoms with Gasteiger partial charge in [-0.2, -0.15) is 0 Å². The quantitative estimate of drug-likeness (QED) is 0.570. The number of allylic oxidation sites excluding steroid dienone is 1. The molecule has 0 radical (unpaired) electrons. The molecule has 6 heteroatoms. The van der Waals surface area contributed by atoms with Crippen molar-refractivity contribution in [2.24, 2.45) is 17.8 Å². The minimum atomic E-state index is -0.881. The van der Waals surface area contributed by atoms with E-state index in [1.54, 1.807) is 6.08 Å². The van der Waals surface area contributed by atoms with Crippen LogP contribution in [0.1, 0.15) is 12.8 Å². The second kappa shape index (κ2) is 4.11. The van der Waals surface area contributed by atoms with Crippen LogP contribution in [0, 0.1) is 27.9 Å². The van der Waals surface area contributed by atoms with Crippen molar-refractivity contribution < 1.29 is 14.8 Å². The monoisotopic (exact) mass is 226 g/mol. The van der Waals surface area contributed by atoms with Gasteiger partial charge in [0.2, 0.25) is 6.20 Å². The maximum atomic E-state index is 10.8. The second-order valence-corrected chi connectivity index (χ2v) is 4.49. The van der Waals surface area contributed by atoms with E-state index in [1.807, 2.05) is 0 Å². The van der Waals surface area contributed by atoms with Gasteiger partial charge in [0.05, 0.1) is 4.92 Å². The summed E-state index contributed by atoms with van der Waals surface area (Å²) >= 11 is 0. The molecule has 2 aliphatic rings. The molecule has 0 aromatic heterocycles. The van der Waals surface area contributed by atoms with Crippen molar-refractivity contribution in [2.75, 3.05) is 13.1 Å². The Hall–Kier alpha value is -1.59. The zero-order valence-corrected chi connectivity index (χ0v) is 8.78. The van der Waals surface area contributed by atoms with Gasteiger partial charge in [-0.3, -0.25) is 10.1 Å². The van der Waals surface area contributed by atoms with Gasteiger partial charge in [0.25, 0.3) is 0 Å². The number of rotatable bonds is 2. The van der Waals surface area contributed by atoms with Crippen LogP contribution >= 0.6 is 0 Å². The molecule has 1 aliphatic carbocycles. The molecule has 0 aromatic carbocycles. The predicted octanol–water partition coefficient (Wildman–Crippen LogP) is 1.41. The number of nitro groups is 1. The molecule has 1 aliphatic heterocycles. The maximum absolute atomic E-state index is 10.8. The molecule has 2 atom stereocenters. The number of hydrogen-bond acceptors (Lipinski definition) is 3. The topological polar surface area (TPSA) is 83.7 Å². The van der Waals surface area contributed by atoms with Gasteiger partial charge in [-0.1, -0.05) is 0 Å². The van der Waals surface area contributed by atoms with Crippen LogP contribution in [0.2, 0.25) is 0 Å². The molecule has 6 nitrogen and oxygen atoms in total. The third-order valence-electron chi connectivity index (χ3n) is 3.61. The summed E-state index contributed by atoms with van der Waals surface area (Å²) in [7, 11) is 0. The molecule has 1 amide bonds. The summed E-state index contributed by atoms with van der Waals surface area (Å²) in [4.78, 5) is 22.1. The number of fused-ring (bicyclic) bond motifs is 2. The Labute approximate surface area is 92.7 Å². The second-order valence-electron chi connectivity index (χ2n) is 4.49. The molecule has 1 saturated heterocycles. The van der Waals surface area contributed by atoms with Crippen molar-refractivity contribution in [3.63, 3.8) is 0 Å². The zero-order chi connectivity index (χ0) is 11.7. The van der Waals surface area contributed by atoms with E-state index in [4.69, 9.17) is 5.11 Å². The summed E-state index contributed by atoms with van der Waals surface area (Å²) in [5, 5.41) is 19.2. The van der Waals surface area contributed by atoms with Crippen LogP contribution in [0.3, 0.4) is 0 Å². The number of likely N-dealkylation sites (tertiary alicyclic amines) is 1. The molecule has 0 aromatic rings. The zero-order valence-electron chi connectivity index (χ0n) is 8.78. The molecular formula is C10H14N2O4. The SMILES string of the molecule is O=C(O)N1CC2CCC(C1)C2C=C[N+](=O)[O-]. The molecule has 1 heterocycles. The Balaban J connectivity index is 2.05. The van der Waals surface area contributed by atoms with Crippen LogP contribution in [0.15, 0.2) is 12.3 Å². The average molecular weight is 226 g/mol. The Morgan fingerprint density at radius 1 is 1.38 bits per heavy atom. The first kappa shape index (κ1) is 10.9. The fraction of sp³-hybridized carbons (Fsp3) is 0.700. The van der Waals surface area contributed by atoms with Crippen LogP contribution in [-0.2, 0) is 0 Å². The van der Waals surface area contributed by atoms with Gasteiger partial charge in [0, 0.05) is 13.1 Å². The Morgan fingerprint density at radius 2 is 1.94 bits per heavy atom. The first-order valence-electron chi connectivity index (χ1n) is 5.37. The predicted molar refractivity (Wildman–Crippen MR) is 55.4 cm³/mol. The van der Waals surface area contributed by atoms with Crippen molar-refractivity contribution in [1.82, 2.24) is 4.90 Å². The molecule has 2 unspecified atom stereocenters. The van der Waals surface area contributed by atoms with Gasteiger partial charge >= 0.3 is 6.09 Å². The van der Waals surface area contributed by atoms with Crippen LogP contribution in [0.5, 0.6) is 0 Å². The van der Waals surface area contributed by atoms with Crippen molar-refractivity contribution >= 4 is 6.09 Å². The highest BCUT2D eigenvalue weighted by Crippen LogP contribution is 2.42. The standard InChI is InChI=1S/C10H14N2O4/c13-10(14)11-5-7-1-2-8(6-11)9(7)3-4-12(15)16/h3-4,7-9H,1-2,5-6H2,(H,13,14). The molecule has 0 spiro atoms. The van der Waals surface area contributed by atoms with Gasteiger partial charge in [0.1, 0.15) is 0 Å². The van der Waals surface area contributed by atoms with Gasteiger partial charge < -0.3 is 10.0 Å². The van der Waals surface area contributed by atoms with Crippen molar-refractivity contribution in [2.45, 2.75) is 12.8 Å². The van der Waals surface area contributed by atoms with Crippen LogP contribution < -0.4 is 0 Å². The Morgan fingerprint density at radius 3 is 2.38 bits per heavy atom. The number of amides is 1. The van der Waals surface area contributed by atoms with Gasteiger partial charge in [-0.15, -0.1) is 0 Å². The molecule has 16 heavy (non-hydrogen) atoms. The van der Waals surface area contributed by atoms with Crippen LogP contribution in [0.4, 0.5) is 4.79 Å². The maximum Gasteiger partial charge on any atom is 0.407 e. The lowest BCUT2D eigenvalue weighted by molar-refractivity contribution is -0.403. The first-order valence-corrected chi connectivity index (χ1v) is 5.37. The van der Waals surface area contributed by atoms with E-state index < -0.39 is 11.0 Å². The smallest absolute Gasteiger partial charge is 0.407 e. The number of nitrogens with zero attached hydrogens (tertiary/aromatic N) is 2. The van der Waals surface area contributed by atoms with E-state index in [-0.39, 0.29) is 17.8 Å². The van der Waals surface area contributed by atoms with Crippen LogP contribution in [-0.4, -0.2) is 34.1 Å². The van der Waals surface area contributed by atoms with Gasteiger partial charge in [0.15, 0.2) is 0 Å². The summed E-state index contributed by atoms with van der Waals surface area (Å²) in [6.07, 6.45) is 3.70. The third kappa shape index (κ3) is 2.00. The summed E-state index contributed by atoms with van der Waals surface area (Å²) in [5.41, 5.74) is 0. The van der Waals surface area contributed by atoms with Crippen molar-refractivity contribution in [3.05, 3.63) is 22.4 Å². The molecule has 2 fully saturated rings. The summed E-state index contributed by atoms with van der Waals surface area (Å²) < 4.78 is 0. The van der Waals surface area contributed by atoms with E-state index in [9.17, 15) is 14.9 Å².